The Balaban J connectivity index is 1.78. The molecule has 2 bridgehead atoms. The molecule has 8 nitrogen and oxygen atoms in total. The maximum atomic E-state index is 13.6. The van der Waals surface area contributed by atoms with Crippen LogP contribution in [0.5, 0.6) is 0 Å². The number of hydrogen-bond donors (Lipinski definition) is 2. The van der Waals surface area contributed by atoms with E-state index >= 15 is 0 Å². The summed E-state index contributed by atoms with van der Waals surface area (Å²) in [5.41, 5.74) is -0.864. The van der Waals surface area contributed by atoms with Gasteiger partial charge in [-0.25, -0.2) is 0 Å². The predicted octanol–water partition coefficient (Wildman–Crippen LogP) is 2.15. The van der Waals surface area contributed by atoms with E-state index in [-0.39, 0.29) is 31.6 Å². The van der Waals surface area contributed by atoms with Crippen LogP contribution in [0.3, 0.4) is 0 Å². The molecule has 3 aliphatic heterocycles. The van der Waals surface area contributed by atoms with E-state index in [0.29, 0.717) is 17.1 Å². The van der Waals surface area contributed by atoms with Crippen molar-refractivity contribution >= 4 is 35.1 Å². The van der Waals surface area contributed by atoms with Gasteiger partial charge >= 0.3 is 5.97 Å². The third kappa shape index (κ3) is 3.07. The van der Waals surface area contributed by atoms with Crippen molar-refractivity contribution in [3.05, 3.63) is 28.8 Å². The third-order valence-electron chi connectivity index (χ3n) is 7.41. The Kier molecular flexibility index (Phi) is 5.76. The molecule has 0 aromatic heterocycles. The second-order valence-electron chi connectivity index (χ2n) is 9.13. The summed E-state index contributed by atoms with van der Waals surface area (Å²) in [6, 6.07) is 4.28. The zero-order valence-corrected chi connectivity index (χ0v) is 19.4. The number of hydrogen-bond acceptors (Lipinski definition) is 6. The molecule has 3 unspecified atom stereocenters. The van der Waals surface area contributed by atoms with E-state index in [1.54, 1.807) is 19.1 Å². The Hall–Kier alpha value is -2.16. The fraction of sp³-hybridized carbons (Fsp3) is 0.609. The average Bonchev–Trinajstić information content (AvgIpc) is 3.23. The molecule has 3 saturated heterocycles. The van der Waals surface area contributed by atoms with Crippen LogP contribution in [0.15, 0.2) is 18.2 Å². The number of benzene rings is 1. The van der Waals surface area contributed by atoms with E-state index in [1.165, 1.54) is 4.90 Å². The van der Waals surface area contributed by atoms with Crippen LogP contribution < -0.4 is 5.32 Å². The maximum absolute atomic E-state index is 13.6. The van der Waals surface area contributed by atoms with Gasteiger partial charge in [-0.2, -0.15) is 0 Å². The van der Waals surface area contributed by atoms with Gasteiger partial charge in [0.25, 0.3) is 0 Å². The molecule has 0 aliphatic carbocycles. The summed E-state index contributed by atoms with van der Waals surface area (Å²) >= 11 is 6.31. The molecular weight excluding hydrogens is 436 g/mol. The number of carbonyl (C=O) groups is 3. The number of β-amino-alcohol motifs (C(OH)–C–C–N with tert-alkyl or cyclic N) is 1. The van der Waals surface area contributed by atoms with Crippen molar-refractivity contribution in [2.75, 3.05) is 25.1 Å². The standard InChI is InChI=1S/C23H29ClN2O6/c1-5-31-21(30)16-15-20(29)26(9-10-27)18(23(15)11-13(3)22(16,4)32-23)19(28)25-17-12(2)7-6-8-14(17)24/h6-8,13,15-16,18,27H,5,9-11H2,1-4H3,(H,25,28)/t13?,15-,16-,18?,22+,23?/m0/s1. The van der Waals surface area contributed by atoms with Crippen molar-refractivity contribution in [3.8, 4) is 0 Å². The Labute approximate surface area is 192 Å². The number of esters is 1. The van der Waals surface area contributed by atoms with Gasteiger partial charge < -0.3 is 24.8 Å². The van der Waals surface area contributed by atoms with Gasteiger partial charge in [0.1, 0.15) is 17.6 Å². The van der Waals surface area contributed by atoms with Crippen molar-refractivity contribution in [1.82, 2.24) is 4.90 Å². The van der Waals surface area contributed by atoms with Crippen LogP contribution in [0.1, 0.15) is 32.8 Å². The number of aryl methyl sites for hydroxylation is 1. The number of para-hydroxylation sites is 1. The quantitative estimate of drug-likeness (QED) is 0.625. The summed E-state index contributed by atoms with van der Waals surface area (Å²) in [5, 5.41) is 12.9. The first kappa shape index (κ1) is 23.0. The number of nitrogens with zero attached hydrogens (tertiary/aromatic N) is 1. The zero-order chi connectivity index (χ0) is 23.4. The lowest BCUT2D eigenvalue weighted by molar-refractivity contribution is -0.161. The molecule has 9 heteroatoms. The van der Waals surface area contributed by atoms with E-state index in [1.807, 2.05) is 26.8 Å². The molecule has 3 heterocycles. The van der Waals surface area contributed by atoms with E-state index in [0.717, 1.165) is 5.56 Å². The van der Waals surface area contributed by atoms with Gasteiger partial charge in [-0.3, -0.25) is 14.4 Å². The Morgan fingerprint density at radius 3 is 2.75 bits per heavy atom. The van der Waals surface area contributed by atoms with Gasteiger partial charge in [0.05, 0.1) is 35.4 Å². The smallest absolute Gasteiger partial charge is 0.312 e. The number of halogens is 1. The highest BCUT2D eigenvalue weighted by atomic mass is 35.5. The van der Waals surface area contributed by atoms with Gasteiger partial charge in [0.15, 0.2) is 0 Å². The lowest BCUT2D eigenvalue weighted by Gasteiger charge is -2.35. The fourth-order valence-corrected chi connectivity index (χ4v) is 6.23. The number of nitrogens with one attached hydrogen (secondary N) is 1. The van der Waals surface area contributed by atoms with Crippen LogP contribution in [0, 0.1) is 24.7 Å². The molecule has 6 atom stereocenters. The molecule has 3 aliphatic rings. The van der Waals surface area contributed by atoms with Crippen molar-refractivity contribution < 1.29 is 29.0 Å². The monoisotopic (exact) mass is 464 g/mol. The summed E-state index contributed by atoms with van der Waals surface area (Å²) in [6.07, 6.45) is 0.442. The Morgan fingerprint density at radius 2 is 2.12 bits per heavy atom. The lowest BCUT2D eigenvalue weighted by atomic mass is 9.62. The van der Waals surface area contributed by atoms with Crippen molar-refractivity contribution in [3.63, 3.8) is 0 Å². The molecule has 32 heavy (non-hydrogen) atoms. The summed E-state index contributed by atoms with van der Waals surface area (Å²) in [7, 11) is 0. The minimum absolute atomic E-state index is 0.0410. The van der Waals surface area contributed by atoms with Crippen LogP contribution in [-0.2, 0) is 23.9 Å². The van der Waals surface area contributed by atoms with Gasteiger partial charge in [0.2, 0.25) is 11.8 Å². The van der Waals surface area contributed by atoms with Gasteiger partial charge in [-0.15, -0.1) is 0 Å². The second kappa shape index (κ2) is 8.01. The zero-order valence-electron chi connectivity index (χ0n) is 18.7. The number of anilines is 1. The van der Waals surface area contributed by atoms with Crippen LogP contribution in [0.4, 0.5) is 5.69 Å². The normalized spacial score (nSPS) is 35.2. The molecule has 2 amide bonds. The first-order valence-corrected chi connectivity index (χ1v) is 11.3. The van der Waals surface area contributed by atoms with Gasteiger partial charge in [-0.05, 0) is 44.7 Å². The fourth-order valence-electron chi connectivity index (χ4n) is 5.96. The van der Waals surface area contributed by atoms with Crippen molar-refractivity contribution in [2.24, 2.45) is 17.8 Å². The number of amides is 2. The highest BCUT2D eigenvalue weighted by molar-refractivity contribution is 6.34. The van der Waals surface area contributed by atoms with E-state index in [2.05, 4.69) is 5.32 Å². The lowest BCUT2D eigenvalue weighted by Crippen LogP contribution is -2.54. The predicted molar refractivity (Wildman–Crippen MR) is 117 cm³/mol. The number of fused-ring (bicyclic) bond motifs is 1. The first-order valence-electron chi connectivity index (χ1n) is 11.0. The highest BCUT2D eigenvalue weighted by Crippen LogP contribution is 2.65. The molecule has 0 radical (unpaired) electrons. The largest absolute Gasteiger partial charge is 0.466 e. The molecule has 174 valence electrons. The highest BCUT2D eigenvalue weighted by Gasteiger charge is 2.80. The van der Waals surface area contributed by atoms with Gasteiger partial charge in [-0.1, -0.05) is 30.7 Å². The topological polar surface area (TPSA) is 105 Å². The van der Waals surface area contributed by atoms with E-state index in [4.69, 9.17) is 21.1 Å². The van der Waals surface area contributed by atoms with Crippen LogP contribution in [-0.4, -0.2) is 64.8 Å². The third-order valence-corrected chi connectivity index (χ3v) is 7.73. The summed E-state index contributed by atoms with van der Waals surface area (Å²) in [4.78, 5) is 41.5. The Bertz CT molecular complexity index is 950. The minimum Gasteiger partial charge on any atom is -0.466 e. The first-order chi connectivity index (χ1) is 15.1. The number of aliphatic hydroxyl groups excluding tert-OH is 1. The minimum atomic E-state index is -1.18. The number of ether oxygens (including phenoxy) is 2. The summed E-state index contributed by atoms with van der Waals surface area (Å²) < 4.78 is 11.8. The molecule has 4 rings (SSSR count). The number of aliphatic hydroxyl groups is 1. The van der Waals surface area contributed by atoms with Crippen LogP contribution in [0.25, 0.3) is 0 Å². The Morgan fingerprint density at radius 1 is 1.41 bits per heavy atom. The van der Waals surface area contributed by atoms with E-state index in [9.17, 15) is 19.5 Å². The SMILES string of the molecule is CCOC(=O)[C@@H]1[C@H]2C(=O)N(CCO)C(C(=O)Nc3c(C)cccc3Cl)C23CC(C)[C@@]1(C)O3. The molecule has 1 aromatic carbocycles. The molecule has 1 spiro atoms. The number of carbonyl (C=O) groups excluding carboxylic acids is 3. The van der Waals surface area contributed by atoms with Crippen molar-refractivity contribution in [1.29, 1.82) is 0 Å². The summed E-state index contributed by atoms with van der Waals surface area (Å²) in [6.45, 7) is 7.15. The van der Waals surface area contributed by atoms with Crippen LogP contribution >= 0.6 is 11.6 Å². The molecule has 3 fully saturated rings. The molecule has 2 N–H and O–H groups in total. The van der Waals surface area contributed by atoms with E-state index < -0.39 is 41.0 Å². The van der Waals surface area contributed by atoms with Crippen LogP contribution in [0.2, 0.25) is 5.02 Å². The second-order valence-corrected chi connectivity index (χ2v) is 9.54. The molecule has 1 aromatic rings. The number of likely N-dealkylation sites (tertiary alicyclic amines) is 1. The maximum Gasteiger partial charge on any atom is 0.312 e. The number of rotatable bonds is 6. The van der Waals surface area contributed by atoms with Gasteiger partial charge in [0, 0.05) is 6.54 Å². The molecular formula is C23H29ClN2O6. The summed E-state index contributed by atoms with van der Waals surface area (Å²) in [5.74, 6) is -3.06. The van der Waals surface area contributed by atoms with Crippen molar-refractivity contribution in [2.45, 2.75) is 51.4 Å². The average molecular weight is 465 g/mol. The molecule has 0 saturated carbocycles.